The van der Waals surface area contributed by atoms with Gasteiger partial charge in [-0.1, -0.05) is 13.8 Å². The lowest BCUT2D eigenvalue weighted by Crippen LogP contribution is -2.27. The van der Waals surface area contributed by atoms with Crippen molar-refractivity contribution in [1.82, 2.24) is 9.29 Å². The minimum atomic E-state index is -3.48. The van der Waals surface area contributed by atoms with Gasteiger partial charge in [0, 0.05) is 32.4 Å². The molecule has 0 aliphatic heterocycles. The van der Waals surface area contributed by atoms with E-state index < -0.39 is 16.0 Å². The second kappa shape index (κ2) is 7.61. The van der Waals surface area contributed by atoms with Crippen LogP contribution >= 0.6 is 0 Å². The lowest BCUT2D eigenvalue weighted by atomic mass is 9.88. The molecule has 6 nitrogen and oxygen atoms in total. The third-order valence-corrected chi connectivity index (χ3v) is 5.04. The van der Waals surface area contributed by atoms with Gasteiger partial charge in [0.25, 0.3) is 0 Å². The van der Waals surface area contributed by atoms with E-state index in [4.69, 9.17) is 5.11 Å². The zero-order chi connectivity index (χ0) is 16.0. The summed E-state index contributed by atoms with van der Waals surface area (Å²) in [4.78, 5) is 10.9. The molecule has 0 aliphatic rings. The molecule has 120 valence electrons. The summed E-state index contributed by atoms with van der Waals surface area (Å²) in [5.74, 6) is -0.296. The number of nitrogens with one attached hydrogen (secondary N) is 1. The number of carbonyl (C=O) groups is 1. The summed E-state index contributed by atoms with van der Waals surface area (Å²) < 4.78 is 28.3. The Morgan fingerprint density at radius 3 is 2.52 bits per heavy atom. The summed E-state index contributed by atoms with van der Waals surface area (Å²) in [5, 5.41) is 8.74. The Labute approximate surface area is 126 Å². The van der Waals surface area contributed by atoms with Gasteiger partial charge in [-0.3, -0.25) is 4.79 Å². The van der Waals surface area contributed by atoms with Gasteiger partial charge >= 0.3 is 5.97 Å². The molecule has 0 fully saturated rings. The van der Waals surface area contributed by atoms with Crippen LogP contribution in [-0.2, 0) is 21.9 Å². The average Bonchev–Trinajstić information content (AvgIpc) is 2.80. The molecule has 1 atom stereocenters. The minimum Gasteiger partial charge on any atom is -0.481 e. The van der Waals surface area contributed by atoms with Crippen molar-refractivity contribution in [3.05, 3.63) is 18.5 Å². The molecule has 21 heavy (non-hydrogen) atoms. The molecule has 0 radical (unpaired) electrons. The molecule has 0 bridgehead atoms. The van der Waals surface area contributed by atoms with Crippen LogP contribution in [0.1, 0.15) is 33.1 Å². The molecule has 0 amide bonds. The molecular weight excluding hydrogens is 292 g/mol. The predicted octanol–water partition coefficient (Wildman–Crippen LogP) is 1.83. The number of sulfonamides is 1. The Kier molecular flexibility index (Phi) is 6.42. The number of hydrogen-bond donors (Lipinski definition) is 2. The molecule has 1 rings (SSSR count). The lowest BCUT2D eigenvalue weighted by molar-refractivity contribution is -0.137. The summed E-state index contributed by atoms with van der Waals surface area (Å²) >= 11 is 0. The van der Waals surface area contributed by atoms with E-state index in [0.29, 0.717) is 25.3 Å². The van der Waals surface area contributed by atoms with E-state index >= 15 is 0 Å². The van der Waals surface area contributed by atoms with Crippen LogP contribution in [0.5, 0.6) is 0 Å². The highest BCUT2D eigenvalue weighted by atomic mass is 32.2. The first kappa shape index (κ1) is 17.7. The van der Waals surface area contributed by atoms with E-state index in [2.05, 4.69) is 4.72 Å². The summed E-state index contributed by atoms with van der Waals surface area (Å²) in [5.41, 5.74) is 0. The molecule has 2 N–H and O–H groups in total. The number of aliphatic carboxylic acids is 1. The molecule has 0 spiro atoms. The number of hydrogen-bond acceptors (Lipinski definition) is 3. The highest BCUT2D eigenvalue weighted by Gasteiger charge is 2.18. The summed E-state index contributed by atoms with van der Waals surface area (Å²) in [6.45, 7) is 4.37. The quantitative estimate of drug-likeness (QED) is 0.727. The molecule has 1 aromatic heterocycles. The molecule has 1 heterocycles. The highest BCUT2D eigenvalue weighted by molar-refractivity contribution is 7.89. The van der Waals surface area contributed by atoms with Crippen molar-refractivity contribution in [2.75, 3.05) is 6.54 Å². The molecule has 1 unspecified atom stereocenters. The van der Waals surface area contributed by atoms with Crippen LogP contribution < -0.4 is 4.72 Å². The van der Waals surface area contributed by atoms with E-state index in [1.54, 1.807) is 30.1 Å². The average molecular weight is 316 g/mol. The van der Waals surface area contributed by atoms with Gasteiger partial charge in [-0.2, -0.15) is 0 Å². The van der Waals surface area contributed by atoms with Crippen LogP contribution in [0.4, 0.5) is 0 Å². The second-order valence-corrected chi connectivity index (χ2v) is 7.40. The number of aromatic nitrogens is 1. The fraction of sp³-hybridized carbons (Fsp3) is 0.643. The van der Waals surface area contributed by atoms with Crippen molar-refractivity contribution >= 4 is 16.0 Å². The van der Waals surface area contributed by atoms with Gasteiger partial charge < -0.3 is 9.67 Å². The Morgan fingerprint density at radius 2 is 2.05 bits per heavy atom. The Morgan fingerprint density at radius 1 is 1.38 bits per heavy atom. The van der Waals surface area contributed by atoms with Crippen LogP contribution in [0, 0.1) is 11.8 Å². The van der Waals surface area contributed by atoms with Gasteiger partial charge in [-0.05, 0) is 30.7 Å². The van der Waals surface area contributed by atoms with E-state index in [-0.39, 0.29) is 17.2 Å². The van der Waals surface area contributed by atoms with Crippen molar-refractivity contribution in [1.29, 1.82) is 0 Å². The smallest absolute Gasteiger partial charge is 0.303 e. The normalized spacial score (nSPS) is 13.5. The van der Waals surface area contributed by atoms with Crippen molar-refractivity contribution < 1.29 is 18.3 Å². The van der Waals surface area contributed by atoms with Gasteiger partial charge in [-0.15, -0.1) is 0 Å². The molecule has 0 aromatic carbocycles. The Bertz CT molecular complexity index is 563. The van der Waals surface area contributed by atoms with Gasteiger partial charge in [-0.25, -0.2) is 13.1 Å². The van der Waals surface area contributed by atoms with Crippen molar-refractivity contribution in [2.24, 2.45) is 18.9 Å². The Balaban J connectivity index is 2.51. The van der Waals surface area contributed by atoms with Crippen LogP contribution in [0.3, 0.4) is 0 Å². The van der Waals surface area contributed by atoms with Crippen LogP contribution in [-0.4, -0.2) is 30.6 Å². The fourth-order valence-electron chi connectivity index (χ4n) is 2.22. The molecule has 0 aliphatic carbocycles. The van der Waals surface area contributed by atoms with E-state index in [0.717, 1.165) is 0 Å². The molecule has 7 heteroatoms. The number of carboxylic acids is 1. The van der Waals surface area contributed by atoms with E-state index in [1.807, 2.05) is 13.8 Å². The summed E-state index contributed by atoms with van der Waals surface area (Å²) in [7, 11) is -1.72. The number of nitrogens with zero attached hydrogens (tertiary/aromatic N) is 1. The summed E-state index contributed by atoms with van der Waals surface area (Å²) in [6.07, 6.45) is 4.55. The van der Waals surface area contributed by atoms with Gasteiger partial charge in [0.15, 0.2) is 0 Å². The first-order chi connectivity index (χ1) is 9.72. The second-order valence-electron chi connectivity index (χ2n) is 5.64. The maximum Gasteiger partial charge on any atom is 0.303 e. The van der Waals surface area contributed by atoms with Crippen molar-refractivity contribution in [2.45, 2.75) is 38.0 Å². The number of aryl methyl sites for hydroxylation is 1. The Hall–Kier alpha value is -1.34. The number of rotatable bonds is 9. The largest absolute Gasteiger partial charge is 0.481 e. The topological polar surface area (TPSA) is 88.4 Å². The van der Waals surface area contributed by atoms with Crippen LogP contribution in [0.25, 0.3) is 0 Å². The predicted molar refractivity (Wildman–Crippen MR) is 80.4 cm³/mol. The fourth-order valence-corrected chi connectivity index (χ4v) is 3.32. The van der Waals surface area contributed by atoms with Crippen LogP contribution in [0.15, 0.2) is 23.4 Å². The van der Waals surface area contributed by atoms with Gasteiger partial charge in [0.05, 0.1) is 4.90 Å². The zero-order valence-corrected chi connectivity index (χ0v) is 13.6. The first-order valence-electron chi connectivity index (χ1n) is 7.06. The van der Waals surface area contributed by atoms with Crippen molar-refractivity contribution in [3.63, 3.8) is 0 Å². The molecule has 1 aromatic rings. The zero-order valence-electron chi connectivity index (χ0n) is 12.7. The van der Waals surface area contributed by atoms with Crippen molar-refractivity contribution in [3.8, 4) is 0 Å². The van der Waals surface area contributed by atoms with Gasteiger partial charge in [0.2, 0.25) is 10.0 Å². The standard InChI is InChI=1S/C14H24N2O4S/c1-11(2)12(4-5-14(17)18)6-8-15-21(19,20)13-7-9-16(3)10-13/h7,9-12,15H,4-6,8H2,1-3H3,(H,17,18). The molecular formula is C14H24N2O4S. The monoisotopic (exact) mass is 316 g/mol. The summed E-state index contributed by atoms with van der Waals surface area (Å²) in [6, 6.07) is 1.55. The molecule has 0 saturated carbocycles. The third-order valence-electron chi connectivity index (χ3n) is 3.59. The highest BCUT2D eigenvalue weighted by Crippen LogP contribution is 2.21. The molecule has 0 saturated heterocycles. The third kappa shape index (κ3) is 5.89. The first-order valence-corrected chi connectivity index (χ1v) is 8.54. The lowest BCUT2D eigenvalue weighted by Gasteiger charge is -2.20. The maximum atomic E-state index is 12.0. The van der Waals surface area contributed by atoms with Crippen LogP contribution in [0.2, 0.25) is 0 Å². The minimum absolute atomic E-state index is 0.119. The number of carboxylic acid groups (broad SMARTS) is 1. The maximum absolute atomic E-state index is 12.0. The van der Waals surface area contributed by atoms with Gasteiger partial charge in [0.1, 0.15) is 0 Å². The van der Waals surface area contributed by atoms with E-state index in [9.17, 15) is 13.2 Å². The van der Waals surface area contributed by atoms with E-state index in [1.165, 1.54) is 0 Å². The SMILES string of the molecule is CC(C)C(CCNS(=O)(=O)c1ccn(C)c1)CCC(=O)O.